The number of nitrogens with one attached hydrogen (secondary N) is 2. The highest BCUT2D eigenvalue weighted by atomic mass is 32.2. The molecule has 2 heterocycles. The van der Waals surface area contributed by atoms with E-state index >= 15 is 0 Å². The van der Waals surface area contributed by atoms with E-state index in [1.54, 1.807) is 12.1 Å². The van der Waals surface area contributed by atoms with Gasteiger partial charge in [-0.3, -0.25) is 19.6 Å². The van der Waals surface area contributed by atoms with Gasteiger partial charge in [0.05, 0.1) is 22.2 Å². The average molecular weight is 335 g/mol. The second-order valence-corrected chi connectivity index (χ2v) is 6.49. The molecule has 2 N–H and O–H groups in total. The Morgan fingerprint density at radius 3 is 2.74 bits per heavy atom. The summed E-state index contributed by atoms with van der Waals surface area (Å²) in [6.45, 7) is 0. The van der Waals surface area contributed by atoms with Crippen LogP contribution in [0.3, 0.4) is 0 Å². The number of fused-ring (bicyclic) bond motifs is 3. The van der Waals surface area contributed by atoms with E-state index in [9.17, 15) is 23.3 Å². The Balaban J connectivity index is 2.44. The van der Waals surface area contributed by atoms with Crippen LogP contribution in [0, 0.1) is 10.1 Å². The molecule has 118 valence electrons. The number of hydrogen-bond acceptors (Lipinski definition) is 7. The normalized spacial score (nSPS) is 11.7. The Bertz CT molecular complexity index is 1120. The molecular weight excluding hydrogens is 326 g/mol. The van der Waals surface area contributed by atoms with Gasteiger partial charge in [0.1, 0.15) is 0 Å². The first-order valence-electron chi connectivity index (χ1n) is 6.20. The van der Waals surface area contributed by atoms with Gasteiger partial charge in [-0.25, -0.2) is 18.4 Å². The number of sulfonamides is 1. The minimum atomic E-state index is -3.70. The second-order valence-electron chi connectivity index (χ2n) is 4.74. The SMILES string of the molecule is CS(=O)(=O)Nc1nc2c(cc([N+](=O)[O-])c3ncccc32)[nH]c1=O. The molecule has 3 rings (SSSR count). The van der Waals surface area contributed by atoms with Crippen LogP contribution < -0.4 is 10.3 Å². The Hall–Kier alpha value is -3.08. The van der Waals surface area contributed by atoms with Gasteiger partial charge in [0.15, 0.2) is 5.52 Å². The van der Waals surface area contributed by atoms with Crippen LogP contribution in [0.2, 0.25) is 0 Å². The molecule has 0 amide bonds. The molecule has 0 fully saturated rings. The number of nitrogens with zero attached hydrogens (tertiary/aromatic N) is 3. The number of aromatic amines is 1. The fraction of sp³-hybridized carbons (Fsp3) is 0.0833. The lowest BCUT2D eigenvalue weighted by Crippen LogP contribution is -2.20. The van der Waals surface area contributed by atoms with Crippen molar-refractivity contribution in [3.05, 3.63) is 44.9 Å². The van der Waals surface area contributed by atoms with Gasteiger partial charge in [-0.05, 0) is 12.1 Å². The molecule has 0 aliphatic carbocycles. The molecule has 0 saturated heterocycles. The highest BCUT2D eigenvalue weighted by Gasteiger charge is 2.19. The Morgan fingerprint density at radius 2 is 2.09 bits per heavy atom. The number of anilines is 1. The monoisotopic (exact) mass is 335 g/mol. The van der Waals surface area contributed by atoms with Crippen molar-refractivity contribution in [3.63, 3.8) is 0 Å². The van der Waals surface area contributed by atoms with Gasteiger partial charge in [-0.15, -0.1) is 0 Å². The Kier molecular flexibility index (Phi) is 3.21. The third kappa shape index (κ3) is 2.68. The second kappa shape index (κ2) is 4.98. The van der Waals surface area contributed by atoms with Crippen LogP contribution in [0.15, 0.2) is 29.2 Å². The Labute approximate surface area is 128 Å². The van der Waals surface area contributed by atoms with E-state index in [-0.39, 0.29) is 22.2 Å². The van der Waals surface area contributed by atoms with Crippen molar-refractivity contribution in [2.75, 3.05) is 11.0 Å². The van der Waals surface area contributed by atoms with Crippen molar-refractivity contribution in [2.24, 2.45) is 0 Å². The number of nitro groups is 1. The van der Waals surface area contributed by atoms with E-state index in [0.717, 1.165) is 12.3 Å². The molecule has 0 aliphatic rings. The van der Waals surface area contributed by atoms with Gasteiger partial charge in [0, 0.05) is 17.6 Å². The molecule has 0 saturated carbocycles. The first-order chi connectivity index (χ1) is 10.8. The quantitative estimate of drug-likeness (QED) is 0.407. The van der Waals surface area contributed by atoms with Gasteiger partial charge in [0.2, 0.25) is 15.8 Å². The van der Waals surface area contributed by atoms with E-state index in [0.29, 0.717) is 5.39 Å². The molecule has 0 radical (unpaired) electrons. The molecule has 3 aromatic rings. The number of pyridine rings is 1. The van der Waals surface area contributed by atoms with E-state index in [1.165, 1.54) is 6.20 Å². The van der Waals surface area contributed by atoms with E-state index < -0.39 is 26.3 Å². The van der Waals surface area contributed by atoms with Crippen LogP contribution in [-0.4, -0.2) is 34.5 Å². The highest BCUT2D eigenvalue weighted by molar-refractivity contribution is 7.92. The van der Waals surface area contributed by atoms with Gasteiger partial charge in [-0.2, -0.15) is 0 Å². The molecule has 11 heteroatoms. The van der Waals surface area contributed by atoms with Crippen LogP contribution in [-0.2, 0) is 10.0 Å². The Morgan fingerprint density at radius 1 is 1.35 bits per heavy atom. The summed E-state index contributed by atoms with van der Waals surface area (Å²) in [5.41, 5.74) is -0.685. The summed E-state index contributed by atoms with van der Waals surface area (Å²) in [6.07, 6.45) is 2.27. The largest absolute Gasteiger partial charge is 0.317 e. The van der Waals surface area contributed by atoms with Crippen molar-refractivity contribution < 1.29 is 13.3 Å². The molecule has 2 aromatic heterocycles. The van der Waals surface area contributed by atoms with Crippen molar-refractivity contribution in [1.29, 1.82) is 0 Å². The summed E-state index contributed by atoms with van der Waals surface area (Å²) in [4.78, 5) is 32.8. The summed E-state index contributed by atoms with van der Waals surface area (Å²) in [7, 11) is -3.70. The minimum Gasteiger partial charge on any atom is -0.317 e. The van der Waals surface area contributed by atoms with Crippen molar-refractivity contribution in [3.8, 4) is 0 Å². The van der Waals surface area contributed by atoms with E-state index in [2.05, 4.69) is 15.0 Å². The summed E-state index contributed by atoms with van der Waals surface area (Å²) in [5.74, 6) is -0.418. The molecule has 1 aromatic carbocycles. The number of rotatable bonds is 3. The lowest BCUT2D eigenvalue weighted by molar-refractivity contribution is -0.383. The summed E-state index contributed by atoms with van der Waals surface area (Å²) >= 11 is 0. The summed E-state index contributed by atoms with van der Waals surface area (Å²) in [6, 6.07) is 4.25. The van der Waals surface area contributed by atoms with E-state index in [4.69, 9.17) is 0 Å². The van der Waals surface area contributed by atoms with Gasteiger partial charge in [0.25, 0.3) is 11.2 Å². The van der Waals surface area contributed by atoms with Crippen LogP contribution in [0.25, 0.3) is 21.9 Å². The lowest BCUT2D eigenvalue weighted by atomic mass is 10.1. The maximum Gasteiger partial charge on any atom is 0.297 e. The van der Waals surface area contributed by atoms with Gasteiger partial charge >= 0.3 is 0 Å². The topological polar surface area (TPSA) is 148 Å². The molecule has 0 spiro atoms. The summed E-state index contributed by atoms with van der Waals surface area (Å²) < 4.78 is 24.6. The zero-order valence-electron chi connectivity index (χ0n) is 11.6. The standard InChI is InChI=1S/C12H9N5O5S/c1-23(21,22)16-11-12(18)14-7-5-8(17(19)20)10-6(9(7)15-11)3-2-4-13-10/h2-5H,1H3,(H,14,18)(H,15,16). The molecule has 0 aliphatic heterocycles. The lowest BCUT2D eigenvalue weighted by Gasteiger charge is -2.06. The van der Waals surface area contributed by atoms with Crippen LogP contribution in [0.4, 0.5) is 11.5 Å². The van der Waals surface area contributed by atoms with Crippen LogP contribution >= 0.6 is 0 Å². The molecular formula is C12H9N5O5S. The molecule has 0 bridgehead atoms. The predicted molar refractivity (Wildman–Crippen MR) is 82.8 cm³/mol. The zero-order chi connectivity index (χ0) is 16.8. The fourth-order valence-electron chi connectivity index (χ4n) is 2.16. The average Bonchev–Trinajstić information content (AvgIpc) is 2.46. The number of H-pyrrole nitrogens is 1. The number of nitro benzene ring substituents is 1. The fourth-order valence-corrected chi connectivity index (χ4v) is 2.65. The first-order valence-corrected chi connectivity index (χ1v) is 8.09. The molecule has 0 unspecified atom stereocenters. The molecule has 23 heavy (non-hydrogen) atoms. The zero-order valence-corrected chi connectivity index (χ0v) is 12.4. The van der Waals surface area contributed by atoms with Crippen LogP contribution in [0.5, 0.6) is 0 Å². The number of aromatic nitrogens is 3. The highest BCUT2D eigenvalue weighted by Crippen LogP contribution is 2.29. The van der Waals surface area contributed by atoms with Crippen molar-refractivity contribution in [2.45, 2.75) is 0 Å². The summed E-state index contributed by atoms with van der Waals surface area (Å²) in [5, 5.41) is 11.5. The smallest absolute Gasteiger partial charge is 0.297 e. The van der Waals surface area contributed by atoms with Gasteiger partial charge in [-0.1, -0.05) is 0 Å². The maximum absolute atomic E-state index is 11.9. The third-order valence-electron chi connectivity index (χ3n) is 3.01. The number of benzene rings is 1. The van der Waals surface area contributed by atoms with Crippen LogP contribution in [0.1, 0.15) is 0 Å². The van der Waals surface area contributed by atoms with E-state index in [1.807, 2.05) is 4.72 Å². The predicted octanol–water partition coefficient (Wildman–Crippen LogP) is 0.751. The number of hydrogen-bond donors (Lipinski definition) is 2. The maximum atomic E-state index is 11.9. The van der Waals surface area contributed by atoms with Gasteiger partial charge < -0.3 is 4.98 Å². The molecule has 0 atom stereocenters. The van der Waals surface area contributed by atoms with Crippen molar-refractivity contribution >= 4 is 43.5 Å². The molecule has 10 nitrogen and oxygen atoms in total. The minimum absolute atomic E-state index is 0.0925. The third-order valence-corrected chi connectivity index (χ3v) is 3.57. The van der Waals surface area contributed by atoms with Crippen molar-refractivity contribution in [1.82, 2.24) is 15.0 Å². The number of non-ortho nitro benzene ring substituents is 1. The first kappa shape index (κ1) is 14.8.